The van der Waals surface area contributed by atoms with Crippen molar-refractivity contribution in [2.24, 2.45) is 5.73 Å². The van der Waals surface area contributed by atoms with Crippen LogP contribution in [0.1, 0.15) is 18.4 Å². The molecule has 28 heavy (non-hydrogen) atoms. The monoisotopic (exact) mass is 463 g/mol. The number of amides is 1. The van der Waals surface area contributed by atoms with Gasteiger partial charge in [-0.15, -0.1) is 12.4 Å². The highest BCUT2D eigenvalue weighted by atomic mass is 79.9. The molecule has 0 spiro atoms. The Hall–Kier alpha value is -2.09. The van der Waals surface area contributed by atoms with Crippen LogP contribution in [0, 0.1) is 0 Å². The predicted molar refractivity (Wildman–Crippen MR) is 119 cm³/mol. The Bertz CT molecular complexity index is 962. The van der Waals surface area contributed by atoms with Crippen LogP contribution in [0.3, 0.4) is 0 Å². The van der Waals surface area contributed by atoms with E-state index in [0.29, 0.717) is 6.42 Å². The zero-order valence-corrected chi connectivity index (χ0v) is 17.7. The molecule has 1 amide bonds. The van der Waals surface area contributed by atoms with Gasteiger partial charge in [0.25, 0.3) is 0 Å². The lowest BCUT2D eigenvalue weighted by Gasteiger charge is -2.33. The van der Waals surface area contributed by atoms with Gasteiger partial charge in [0.2, 0.25) is 5.91 Å². The van der Waals surface area contributed by atoms with E-state index in [2.05, 4.69) is 36.1 Å². The van der Waals surface area contributed by atoms with Gasteiger partial charge in [0.1, 0.15) is 5.65 Å². The van der Waals surface area contributed by atoms with Gasteiger partial charge in [-0.1, -0.05) is 30.3 Å². The summed E-state index contributed by atoms with van der Waals surface area (Å²) in [7, 11) is 0. The van der Waals surface area contributed by atoms with Crippen molar-refractivity contribution in [2.75, 3.05) is 23.3 Å². The van der Waals surface area contributed by atoms with Gasteiger partial charge >= 0.3 is 0 Å². The Labute approximate surface area is 178 Å². The Balaban J connectivity index is 0.00000225. The third-order valence-electron chi connectivity index (χ3n) is 4.89. The van der Waals surface area contributed by atoms with Gasteiger partial charge in [-0.3, -0.25) is 4.79 Å². The number of benzene rings is 1. The average molecular weight is 465 g/mol. The highest BCUT2D eigenvalue weighted by molar-refractivity contribution is 9.10. The van der Waals surface area contributed by atoms with E-state index in [0.717, 1.165) is 58.4 Å². The molecular formula is C20H23BrClN5O. The second-order valence-corrected chi connectivity index (χ2v) is 7.79. The lowest BCUT2D eigenvalue weighted by molar-refractivity contribution is -0.115. The van der Waals surface area contributed by atoms with Crippen molar-refractivity contribution in [3.8, 4) is 0 Å². The number of anilines is 2. The summed E-state index contributed by atoms with van der Waals surface area (Å²) in [6.07, 6.45) is 6.02. The lowest BCUT2D eigenvalue weighted by atomic mass is 10.1. The first kappa shape index (κ1) is 20.6. The van der Waals surface area contributed by atoms with Crippen LogP contribution >= 0.6 is 28.3 Å². The molecule has 0 bridgehead atoms. The maximum atomic E-state index is 12.6. The smallest absolute Gasteiger partial charge is 0.228 e. The van der Waals surface area contributed by atoms with Crippen molar-refractivity contribution in [1.29, 1.82) is 0 Å². The van der Waals surface area contributed by atoms with Crippen molar-refractivity contribution in [3.05, 3.63) is 52.8 Å². The maximum Gasteiger partial charge on any atom is 0.228 e. The average Bonchev–Trinajstić information content (AvgIpc) is 3.05. The lowest BCUT2D eigenvalue weighted by Crippen LogP contribution is -2.43. The number of piperidine rings is 1. The molecule has 148 valence electrons. The zero-order chi connectivity index (χ0) is 18.8. The number of rotatable bonds is 4. The van der Waals surface area contributed by atoms with Gasteiger partial charge in [0.15, 0.2) is 0 Å². The van der Waals surface area contributed by atoms with Gasteiger partial charge in [-0.25, -0.2) is 4.98 Å². The summed E-state index contributed by atoms with van der Waals surface area (Å²) in [6.45, 7) is 1.73. The van der Waals surface area contributed by atoms with Crippen LogP contribution in [-0.4, -0.2) is 35.0 Å². The molecule has 0 saturated carbocycles. The van der Waals surface area contributed by atoms with Crippen LogP contribution in [0.25, 0.3) is 11.0 Å². The molecule has 1 atom stereocenters. The van der Waals surface area contributed by atoms with E-state index in [1.165, 1.54) is 0 Å². The maximum absolute atomic E-state index is 12.6. The predicted octanol–water partition coefficient (Wildman–Crippen LogP) is 3.86. The number of nitrogens with one attached hydrogen (secondary N) is 2. The molecule has 1 aliphatic rings. The number of hydrogen-bond donors (Lipinski definition) is 3. The molecule has 0 radical (unpaired) electrons. The standard InChI is InChI=1S/C20H22BrN5O.ClH/c21-15-10-23-20-18(19(15)26-8-4-7-14(22)12-26)16(11-24-20)25-17(27)9-13-5-2-1-3-6-13;/h1-3,5-6,10-11,14H,4,7-9,12,22H2,(H,23,24)(H,25,27);1H/t14-;/m1./s1. The number of nitrogens with zero attached hydrogens (tertiary/aromatic N) is 2. The van der Waals surface area contributed by atoms with Gasteiger partial charge in [-0.05, 0) is 34.3 Å². The van der Waals surface area contributed by atoms with E-state index in [1.54, 1.807) is 12.4 Å². The Kier molecular flexibility index (Phi) is 6.59. The molecule has 6 nitrogen and oxygen atoms in total. The number of aromatic amines is 1. The summed E-state index contributed by atoms with van der Waals surface area (Å²) in [5.41, 5.74) is 9.70. The first-order chi connectivity index (χ1) is 13.1. The number of H-pyrrole nitrogens is 1. The molecule has 0 aliphatic carbocycles. The summed E-state index contributed by atoms with van der Waals surface area (Å²) in [5, 5.41) is 3.96. The molecule has 8 heteroatoms. The number of hydrogen-bond acceptors (Lipinski definition) is 4. The van der Waals surface area contributed by atoms with Gasteiger partial charge < -0.3 is 20.9 Å². The quantitative estimate of drug-likeness (QED) is 0.547. The number of halogens is 2. The Morgan fingerprint density at radius 1 is 1.36 bits per heavy atom. The summed E-state index contributed by atoms with van der Waals surface area (Å²) in [4.78, 5) is 22.5. The van der Waals surface area contributed by atoms with E-state index in [1.807, 2.05) is 30.3 Å². The molecule has 3 heterocycles. The van der Waals surface area contributed by atoms with E-state index >= 15 is 0 Å². The summed E-state index contributed by atoms with van der Waals surface area (Å²) >= 11 is 3.64. The molecule has 1 fully saturated rings. The van der Waals surface area contributed by atoms with Crippen molar-refractivity contribution >= 4 is 56.7 Å². The minimum Gasteiger partial charge on any atom is -0.368 e. The molecule has 1 aliphatic heterocycles. The number of aromatic nitrogens is 2. The number of pyridine rings is 1. The molecule has 0 unspecified atom stereocenters. The van der Waals surface area contributed by atoms with Crippen LogP contribution in [0.15, 0.2) is 47.2 Å². The number of nitrogens with two attached hydrogens (primary N) is 1. The minimum absolute atomic E-state index is 0. The molecule has 4 N–H and O–H groups in total. The first-order valence-corrected chi connectivity index (χ1v) is 9.91. The normalized spacial score (nSPS) is 16.6. The third kappa shape index (κ3) is 4.32. The fourth-order valence-corrected chi connectivity index (χ4v) is 4.20. The van der Waals surface area contributed by atoms with E-state index < -0.39 is 0 Å². The molecule has 4 rings (SSSR count). The molecule has 3 aromatic rings. The van der Waals surface area contributed by atoms with Crippen LogP contribution in [0.4, 0.5) is 11.4 Å². The van der Waals surface area contributed by atoms with Crippen molar-refractivity contribution in [3.63, 3.8) is 0 Å². The van der Waals surface area contributed by atoms with Crippen molar-refractivity contribution in [1.82, 2.24) is 9.97 Å². The van der Waals surface area contributed by atoms with Crippen molar-refractivity contribution < 1.29 is 4.79 Å². The molecule has 2 aromatic heterocycles. The molecule has 1 aromatic carbocycles. The third-order valence-corrected chi connectivity index (χ3v) is 5.47. The highest BCUT2D eigenvalue weighted by Gasteiger charge is 2.23. The highest BCUT2D eigenvalue weighted by Crippen LogP contribution is 2.38. The zero-order valence-electron chi connectivity index (χ0n) is 15.3. The number of carbonyl (C=O) groups is 1. The van der Waals surface area contributed by atoms with E-state index in [9.17, 15) is 4.79 Å². The largest absolute Gasteiger partial charge is 0.368 e. The summed E-state index contributed by atoms with van der Waals surface area (Å²) in [6, 6.07) is 9.88. The minimum atomic E-state index is -0.0524. The SMILES string of the molecule is Cl.N[C@@H]1CCCN(c2c(Br)cnc3[nH]cc(NC(=O)Cc4ccccc4)c23)C1. The molecule has 1 saturated heterocycles. The summed E-state index contributed by atoms with van der Waals surface area (Å²) in [5.74, 6) is -0.0524. The fraction of sp³-hybridized carbons (Fsp3) is 0.300. The Morgan fingerprint density at radius 2 is 2.14 bits per heavy atom. The Morgan fingerprint density at radius 3 is 2.89 bits per heavy atom. The summed E-state index contributed by atoms with van der Waals surface area (Å²) < 4.78 is 0.905. The van der Waals surface area contributed by atoms with Gasteiger partial charge in [0.05, 0.1) is 27.7 Å². The first-order valence-electron chi connectivity index (χ1n) is 9.11. The topological polar surface area (TPSA) is 87.0 Å². The molecular weight excluding hydrogens is 442 g/mol. The van der Waals surface area contributed by atoms with Crippen molar-refractivity contribution in [2.45, 2.75) is 25.3 Å². The van der Waals surface area contributed by atoms with Crippen LogP contribution < -0.4 is 16.0 Å². The number of carbonyl (C=O) groups excluding carboxylic acids is 1. The second kappa shape index (κ2) is 8.94. The fourth-order valence-electron chi connectivity index (χ4n) is 3.65. The van der Waals surface area contributed by atoms with E-state index in [4.69, 9.17) is 5.73 Å². The van der Waals surface area contributed by atoms with Crippen LogP contribution in [-0.2, 0) is 11.2 Å². The van der Waals surface area contributed by atoms with Gasteiger partial charge in [-0.2, -0.15) is 0 Å². The van der Waals surface area contributed by atoms with E-state index in [-0.39, 0.29) is 24.4 Å². The van der Waals surface area contributed by atoms with Crippen LogP contribution in [0.2, 0.25) is 0 Å². The number of fused-ring (bicyclic) bond motifs is 1. The van der Waals surface area contributed by atoms with Crippen LogP contribution in [0.5, 0.6) is 0 Å². The van der Waals surface area contributed by atoms with Gasteiger partial charge in [0, 0.05) is 31.5 Å². The second-order valence-electron chi connectivity index (χ2n) is 6.94.